The predicted octanol–water partition coefficient (Wildman–Crippen LogP) is 4.46. The van der Waals surface area contributed by atoms with E-state index in [1.54, 1.807) is 13.8 Å². The number of rotatable bonds is 3. The standard InChI is InChI=1S/C22H24O5/c1-12(2)19(24)18-15(23)10-16-17(20(18)25)14-11-22(26-16,27-21(14,3)4)13-8-6-5-7-9-13/h5-10,12,14,23,25H,11H2,1-4H3/t14-,22+/m0/s1. The Hall–Kier alpha value is -2.53. The van der Waals surface area contributed by atoms with Crippen molar-refractivity contribution in [3.63, 3.8) is 0 Å². The maximum absolute atomic E-state index is 12.5. The van der Waals surface area contributed by atoms with Crippen molar-refractivity contribution in [3.8, 4) is 17.2 Å². The maximum atomic E-state index is 12.5. The number of fused-ring (bicyclic) bond motifs is 4. The molecule has 4 rings (SSSR count). The monoisotopic (exact) mass is 368 g/mol. The molecule has 2 aromatic rings. The van der Waals surface area contributed by atoms with Gasteiger partial charge in [0.15, 0.2) is 5.78 Å². The lowest BCUT2D eigenvalue weighted by atomic mass is 9.78. The van der Waals surface area contributed by atoms with Gasteiger partial charge in [0, 0.05) is 35.4 Å². The summed E-state index contributed by atoms with van der Waals surface area (Å²) in [5, 5.41) is 21.4. The lowest BCUT2D eigenvalue weighted by Crippen LogP contribution is -2.35. The Bertz CT molecular complexity index is 916. The molecule has 0 unspecified atom stereocenters. The largest absolute Gasteiger partial charge is 0.507 e. The Kier molecular flexibility index (Phi) is 3.79. The summed E-state index contributed by atoms with van der Waals surface area (Å²) in [6.45, 7) is 7.38. The maximum Gasteiger partial charge on any atom is 0.238 e. The fraction of sp³-hybridized carbons (Fsp3) is 0.409. The minimum absolute atomic E-state index is 0.0396. The van der Waals surface area contributed by atoms with E-state index in [9.17, 15) is 15.0 Å². The van der Waals surface area contributed by atoms with Gasteiger partial charge in [-0.25, -0.2) is 0 Å². The van der Waals surface area contributed by atoms with Crippen LogP contribution in [0.15, 0.2) is 36.4 Å². The number of carbonyl (C=O) groups is 1. The Morgan fingerprint density at radius 3 is 2.48 bits per heavy atom. The van der Waals surface area contributed by atoms with E-state index in [1.807, 2.05) is 44.2 Å². The molecule has 2 heterocycles. The summed E-state index contributed by atoms with van der Waals surface area (Å²) in [5.74, 6) is -1.92. The Labute approximate surface area is 158 Å². The van der Waals surface area contributed by atoms with Gasteiger partial charge in [-0.1, -0.05) is 44.2 Å². The zero-order valence-corrected chi connectivity index (χ0v) is 15.9. The first kappa shape index (κ1) is 17.9. The molecule has 2 atom stereocenters. The van der Waals surface area contributed by atoms with Crippen molar-refractivity contribution < 1.29 is 24.5 Å². The molecule has 0 saturated carbocycles. The van der Waals surface area contributed by atoms with E-state index < -0.39 is 11.4 Å². The number of hydrogen-bond acceptors (Lipinski definition) is 5. The lowest BCUT2D eigenvalue weighted by Gasteiger charge is -2.34. The minimum atomic E-state index is -0.981. The van der Waals surface area contributed by atoms with Gasteiger partial charge in [0.1, 0.15) is 22.8 Å². The van der Waals surface area contributed by atoms with E-state index in [-0.39, 0.29) is 34.7 Å². The normalized spacial score (nSPS) is 25.1. The molecule has 2 aromatic carbocycles. The van der Waals surface area contributed by atoms with Crippen LogP contribution in [0.2, 0.25) is 0 Å². The van der Waals surface area contributed by atoms with Crippen molar-refractivity contribution in [3.05, 3.63) is 53.1 Å². The van der Waals surface area contributed by atoms with Gasteiger partial charge < -0.3 is 19.7 Å². The van der Waals surface area contributed by atoms with E-state index in [0.717, 1.165) is 5.56 Å². The van der Waals surface area contributed by atoms with E-state index in [2.05, 4.69) is 0 Å². The van der Waals surface area contributed by atoms with Gasteiger partial charge in [0.25, 0.3) is 0 Å². The minimum Gasteiger partial charge on any atom is -0.507 e. The number of phenols is 2. The number of benzene rings is 2. The molecule has 5 nitrogen and oxygen atoms in total. The fourth-order valence-corrected chi connectivity index (χ4v) is 4.27. The second kappa shape index (κ2) is 5.73. The summed E-state index contributed by atoms with van der Waals surface area (Å²) in [5.41, 5.74) is 0.758. The number of phenolic OH excluding ortho intramolecular Hbond substituents is 2. The SMILES string of the molecule is CC(C)C(=O)c1c(O)cc2c(c1O)[C@@H]1C[C@@](c3ccccc3)(O2)OC1(C)C. The van der Waals surface area contributed by atoms with E-state index in [1.165, 1.54) is 6.07 Å². The van der Waals surface area contributed by atoms with Gasteiger partial charge in [-0.05, 0) is 13.8 Å². The molecule has 0 aromatic heterocycles. The van der Waals surface area contributed by atoms with Crippen molar-refractivity contribution in [1.29, 1.82) is 0 Å². The van der Waals surface area contributed by atoms with Crippen LogP contribution in [0, 0.1) is 5.92 Å². The van der Waals surface area contributed by atoms with Crippen molar-refractivity contribution in [2.75, 3.05) is 0 Å². The highest BCUT2D eigenvalue weighted by atomic mass is 16.7. The van der Waals surface area contributed by atoms with Crippen LogP contribution in [-0.2, 0) is 10.5 Å². The van der Waals surface area contributed by atoms with Crippen LogP contribution in [0.3, 0.4) is 0 Å². The first-order valence-corrected chi connectivity index (χ1v) is 9.24. The van der Waals surface area contributed by atoms with Crippen LogP contribution < -0.4 is 4.74 Å². The molecular formula is C22H24O5. The third-order valence-electron chi connectivity index (χ3n) is 5.63. The van der Waals surface area contributed by atoms with E-state index in [4.69, 9.17) is 9.47 Å². The number of aromatic hydroxyl groups is 2. The predicted molar refractivity (Wildman–Crippen MR) is 100 cm³/mol. The molecule has 1 fully saturated rings. The zero-order chi connectivity index (χ0) is 19.6. The summed E-state index contributed by atoms with van der Waals surface area (Å²) in [6, 6.07) is 11.1. The summed E-state index contributed by atoms with van der Waals surface area (Å²) in [6.07, 6.45) is 0.519. The van der Waals surface area contributed by atoms with Crippen LogP contribution in [0.4, 0.5) is 0 Å². The number of ether oxygens (including phenoxy) is 2. The molecule has 2 aliphatic rings. The average molecular weight is 368 g/mol. The highest BCUT2D eigenvalue weighted by molar-refractivity contribution is 6.03. The molecule has 2 aliphatic heterocycles. The van der Waals surface area contributed by atoms with Gasteiger partial charge in [0.2, 0.25) is 5.79 Å². The molecule has 27 heavy (non-hydrogen) atoms. The summed E-state index contributed by atoms with van der Waals surface area (Å²) in [4.78, 5) is 12.5. The van der Waals surface area contributed by atoms with Crippen molar-refractivity contribution in [2.24, 2.45) is 5.92 Å². The third-order valence-corrected chi connectivity index (χ3v) is 5.63. The summed E-state index contributed by atoms with van der Waals surface area (Å²) in [7, 11) is 0. The van der Waals surface area contributed by atoms with Crippen LogP contribution in [0.25, 0.3) is 0 Å². The molecule has 2 bridgehead atoms. The molecule has 5 heteroatoms. The van der Waals surface area contributed by atoms with Gasteiger partial charge in [-0.15, -0.1) is 0 Å². The van der Waals surface area contributed by atoms with E-state index in [0.29, 0.717) is 17.7 Å². The third kappa shape index (κ3) is 2.52. The van der Waals surface area contributed by atoms with Crippen LogP contribution in [-0.4, -0.2) is 21.6 Å². The van der Waals surface area contributed by atoms with Crippen molar-refractivity contribution >= 4 is 5.78 Å². The lowest BCUT2D eigenvalue weighted by molar-refractivity contribution is -0.202. The number of ketones is 1. The Morgan fingerprint density at radius 1 is 1.19 bits per heavy atom. The molecule has 0 amide bonds. The first-order valence-electron chi connectivity index (χ1n) is 9.24. The smallest absolute Gasteiger partial charge is 0.238 e. The summed E-state index contributed by atoms with van der Waals surface area (Å²) >= 11 is 0. The molecular weight excluding hydrogens is 344 g/mol. The highest BCUT2D eigenvalue weighted by Gasteiger charge is 2.59. The van der Waals surface area contributed by atoms with Gasteiger partial charge in [-0.2, -0.15) is 0 Å². The second-order valence-electron chi connectivity index (χ2n) is 8.23. The van der Waals surface area contributed by atoms with Crippen molar-refractivity contribution in [2.45, 2.75) is 51.4 Å². The molecule has 1 saturated heterocycles. The van der Waals surface area contributed by atoms with Crippen molar-refractivity contribution in [1.82, 2.24) is 0 Å². The van der Waals surface area contributed by atoms with Crippen LogP contribution in [0.5, 0.6) is 17.2 Å². The Balaban J connectivity index is 1.92. The zero-order valence-electron chi connectivity index (χ0n) is 15.9. The van der Waals surface area contributed by atoms with E-state index >= 15 is 0 Å². The van der Waals surface area contributed by atoms with Crippen LogP contribution in [0.1, 0.15) is 61.5 Å². The molecule has 0 aliphatic carbocycles. The molecule has 0 spiro atoms. The topological polar surface area (TPSA) is 76.0 Å². The number of carbonyl (C=O) groups excluding carboxylic acids is 1. The highest BCUT2D eigenvalue weighted by Crippen LogP contribution is 2.61. The number of hydrogen-bond donors (Lipinski definition) is 2. The van der Waals surface area contributed by atoms with Gasteiger partial charge in [-0.3, -0.25) is 4.79 Å². The van der Waals surface area contributed by atoms with Gasteiger partial charge >= 0.3 is 0 Å². The first-order chi connectivity index (χ1) is 12.7. The fourth-order valence-electron chi connectivity index (χ4n) is 4.27. The molecule has 142 valence electrons. The second-order valence-corrected chi connectivity index (χ2v) is 8.23. The quantitative estimate of drug-likeness (QED) is 0.782. The van der Waals surface area contributed by atoms with Gasteiger partial charge in [0.05, 0.1) is 5.60 Å². The summed E-state index contributed by atoms with van der Waals surface area (Å²) < 4.78 is 12.6. The number of Topliss-reactive ketones (excluding diaryl/α,β-unsaturated/α-hetero) is 1. The molecule has 2 N–H and O–H groups in total. The molecule has 0 radical (unpaired) electrons. The van der Waals surface area contributed by atoms with Crippen LogP contribution >= 0.6 is 0 Å². The average Bonchev–Trinajstić information content (AvgIpc) is 2.82. The Morgan fingerprint density at radius 2 is 1.85 bits per heavy atom.